The standard InChI is InChI=1S/C18H26O5Si/c1-18(2,3)24(4,5)22-11-14-15(23-17(14)20)12-21-16(19)13-9-7-6-8-10-13/h6-10,14-15H,11-12H2,1-5H3/t14?,15-/m1/s1. The zero-order valence-electron chi connectivity index (χ0n) is 15.0. The zero-order valence-corrected chi connectivity index (χ0v) is 16.0. The molecular formula is C18H26O5Si. The van der Waals surface area contributed by atoms with Gasteiger partial charge in [-0.1, -0.05) is 39.0 Å². The maximum atomic E-state index is 11.9. The largest absolute Gasteiger partial charge is 0.458 e. The Bertz CT molecular complexity index is 591. The number of rotatable bonds is 6. The summed E-state index contributed by atoms with van der Waals surface area (Å²) in [7, 11) is -1.92. The predicted molar refractivity (Wildman–Crippen MR) is 93.2 cm³/mol. The van der Waals surface area contributed by atoms with Crippen molar-refractivity contribution in [3.05, 3.63) is 35.9 Å². The van der Waals surface area contributed by atoms with Gasteiger partial charge in [0.05, 0.1) is 12.2 Å². The molecule has 2 atom stereocenters. The second kappa shape index (κ2) is 7.07. The molecule has 132 valence electrons. The van der Waals surface area contributed by atoms with Gasteiger partial charge in [-0.2, -0.15) is 0 Å². The number of carbonyl (C=O) groups excluding carboxylic acids is 2. The highest BCUT2D eigenvalue weighted by Crippen LogP contribution is 2.37. The number of ether oxygens (including phenoxy) is 2. The van der Waals surface area contributed by atoms with Crippen molar-refractivity contribution in [3.8, 4) is 0 Å². The third-order valence-electron chi connectivity index (χ3n) is 4.84. The minimum absolute atomic E-state index is 0.0605. The van der Waals surface area contributed by atoms with Crippen molar-refractivity contribution in [1.29, 1.82) is 0 Å². The summed E-state index contributed by atoms with van der Waals surface area (Å²) in [5.41, 5.74) is 0.484. The molecule has 0 aliphatic carbocycles. The Morgan fingerprint density at radius 3 is 2.33 bits per heavy atom. The number of carbonyl (C=O) groups is 2. The van der Waals surface area contributed by atoms with E-state index in [-0.39, 0.29) is 23.5 Å². The van der Waals surface area contributed by atoms with Gasteiger partial charge in [-0.3, -0.25) is 4.79 Å². The maximum Gasteiger partial charge on any atom is 0.338 e. The zero-order chi connectivity index (χ0) is 18.0. The summed E-state index contributed by atoms with van der Waals surface area (Å²) in [4.78, 5) is 23.6. The van der Waals surface area contributed by atoms with Crippen LogP contribution >= 0.6 is 0 Å². The molecule has 5 nitrogen and oxygen atoms in total. The van der Waals surface area contributed by atoms with Crippen LogP contribution in [0.5, 0.6) is 0 Å². The summed E-state index contributed by atoms with van der Waals surface area (Å²) < 4.78 is 16.4. The van der Waals surface area contributed by atoms with Crippen LogP contribution in [0.2, 0.25) is 18.1 Å². The van der Waals surface area contributed by atoms with Crippen molar-refractivity contribution in [2.45, 2.75) is 45.0 Å². The topological polar surface area (TPSA) is 61.8 Å². The minimum Gasteiger partial charge on any atom is -0.458 e. The summed E-state index contributed by atoms with van der Waals surface area (Å²) in [5.74, 6) is -1.06. The Labute approximate surface area is 144 Å². The molecule has 1 unspecified atom stereocenters. The van der Waals surface area contributed by atoms with Crippen LogP contribution in [0.4, 0.5) is 0 Å². The highest BCUT2D eigenvalue weighted by Gasteiger charge is 2.46. The SMILES string of the molecule is CC(C)(C)[Si](C)(C)OCC1C(=O)O[C@@H]1COC(=O)c1ccccc1. The number of cyclic esters (lactones) is 1. The third-order valence-corrected chi connectivity index (χ3v) is 9.34. The molecule has 0 bridgehead atoms. The van der Waals surface area contributed by atoms with Gasteiger partial charge in [-0.15, -0.1) is 0 Å². The van der Waals surface area contributed by atoms with Gasteiger partial charge in [0, 0.05) is 0 Å². The highest BCUT2D eigenvalue weighted by molar-refractivity contribution is 6.74. The number of hydrogen-bond donors (Lipinski definition) is 0. The van der Waals surface area contributed by atoms with Gasteiger partial charge >= 0.3 is 11.9 Å². The monoisotopic (exact) mass is 350 g/mol. The van der Waals surface area contributed by atoms with Crippen LogP contribution in [0, 0.1) is 5.92 Å². The van der Waals surface area contributed by atoms with Crippen LogP contribution in [-0.2, 0) is 18.7 Å². The van der Waals surface area contributed by atoms with E-state index in [1.165, 1.54) is 0 Å². The van der Waals surface area contributed by atoms with Gasteiger partial charge in [0.15, 0.2) is 14.4 Å². The Hall–Kier alpha value is -1.66. The van der Waals surface area contributed by atoms with Crippen molar-refractivity contribution >= 4 is 20.3 Å². The molecular weight excluding hydrogens is 324 g/mol. The molecule has 1 aromatic rings. The van der Waals surface area contributed by atoms with Crippen LogP contribution in [0.3, 0.4) is 0 Å². The first kappa shape index (κ1) is 18.7. The summed E-state index contributed by atoms with van der Waals surface area (Å²) >= 11 is 0. The summed E-state index contributed by atoms with van der Waals surface area (Å²) in [5, 5.41) is 0.0793. The Balaban J connectivity index is 1.84. The first-order valence-corrected chi connectivity index (χ1v) is 11.1. The summed E-state index contributed by atoms with van der Waals surface area (Å²) in [6, 6.07) is 8.75. The second-order valence-corrected chi connectivity index (χ2v) is 12.4. The summed E-state index contributed by atoms with van der Waals surface area (Å²) in [6.45, 7) is 11.1. The average molecular weight is 350 g/mol. The van der Waals surface area contributed by atoms with Crippen molar-refractivity contribution < 1.29 is 23.5 Å². The molecule has 1 aliphatic rings. The van der Waals surface area contributed by atoms with Crippen LogP contribution in [0.1, 0.15) is 31.1 Å². The van der Waals surface area contributed by atoms with E-state index < -0.39 is 20.4 Å². The third kappa shape index (κ3) is 4.24. The lowest BCUT2D eigenvalue weighted by atomic mass is 9.99. The normalized spacial score (nSPS) is 21.0. The van der Waals surface area contributed by atoms with Crippen LogP contribution in [0.15, 0.2) is 30.3 Å². The van der Waals surface area contributed by atoms with E-state index in [0.717, 1.165) is 0 Å². The van der Waals surface area contributed by atoms with Gasteiger partial charge in [0.25, 0.3) is 0 Å². The Kier molecular flexibility index (Phi) is 5.50. The molecule has 0 aromatic heterocycles. The van der Waals surface area contributed by atoms with E-state index in [9.17, 15) is 9.59 Å². The fourth-order valence-electron chi connectivity index (χ4n) is 2.05. The van der Waals surface area contributed by atoms with E-state index >= 15 is 0 Å². The quantitative estimate of drug-likeness (QED) is 0.581. The molecule has 0 amide bonds. The summed E-state index contributed by atoms with van der Waals surface area (Å²) in [6.07, 6.45) is -0.421. The lowest BCUT2D eigenvalue weighted by Crippen LogP contribution is -2.53. The molecule has 0 N–H and O–H groups in total. The second-order valence-electron chi connectivity index (χ2n) is 7.62. The van der Waals surface area contributed by atoms with E-state index in [0.29, 0.717) is 12.2 Å². The molecule has 1 aromatic carbocycles. The molecule has 6 heteroatoms. The van der Waals surface area contributed by atoms with Crippen LogP contribution in [-0.4, -0.2) is 39.6 Å². The first-order valence-electron chi connectivity index (χ1n) is 8.18. The predicted octanol–water partition coefficient (Wildman–Crippen LogP) is 3.41. The minimum atomic E-state index is -1.92. The van der Waals surface area contributed by atoms with E-state index in [4.69, 9.17) is 13.9 Å². The van der Waals surface area contributed by atoms with Crippen molar-refractivity contribution in [2.24, 2.45) is 5.92 Å². The lowest BCUT2D eigenvalue weighted by Gasteiger charge is -2.40. The molecule has 1 aliphatic heterocycles. The smallest absolute Gasteiger partial charge is 0.338 e. The first-order chi connectivity index (χ1) is 11.1. The highest BCUT2D eigenvalue weighted by atomic mass is 28.4. The van der Waals surface area contributed by atoms with Gasteiger partial charge in [0.2, 0.25) is 0 Å². The van der Waals surface area contributed by atoms with Crippen molar-refractivity contribution in [2.75, 3.05) is 13.2 Å². The van der Waals surface area contributed by atoms with Crippen LogP contribution < -0.4 is 0 Å². The fraction of sp³-hybridized carbons (Fsp3) is 0.556. The average Bonchev–Trinajstić information content (AvgIpc) is 2.50. The molecule has 0 radical (unpaired) electrons. The molecule has 1 heterocycles. The maximum absolute atomic E-state index is 11.9. The van der Waals surface area contributed by atoms with Gasteiger partial charge in [-0.25, -0.2) is 4.79 Å². The number of esters is 2. The molecule has 0 saturated carbocycles. The Morgan fingerprint density at radius 2 is 1.79 bits per heavy atom. The number of hydrogen-bond acceptors (Lipinski definition) is 5. The van der Waals surface area contributed by atoms with Gasteiger partial charge in [0.1, 0.15) is 12.5 Å². The molecule has 24 heavy (non-hydrogen) atoms. The molecule has 0 spiro atoms. The van der Waals surface area contributed by atoms with Crippen molar-refractivity contribution in [1.82, 2.24) is 0 Å². The van der Waals surface area contributed by atoms with Gasteiger partial charge < -0.3 is 13.9 Å². The molecule has 1 saturated heterocycles. The van der Waals surface area contributed by atoms with Gasteiger partial charge in [-0.05, 0) is 30.3 Å². The number of benzene rings is 1. The van der Waals surface area contributed by atoms with E-state index in [1.54, 1.807) is 24.3 Å². The lowest BCUT2D eigenvalue weighted by molar-refractivity contribution is -0.192. The fourth-order valence-corrected chi connectivity index (χ4v) is 3.08. The van der Waals surface area contributed by atoms with E-state index in [2.05, 4.69) is 33.9 Å². The van der Waals surface area contributed by atoms with Crippen LogP contribution in [0.25, 0.3) is 0 Å². The molecule has 2 rings (SSSR count). The molecule has 1 fully saturated rings. The van der Waals surface area contributed by atoms with E-state index in [1.807, 2.05) is 6.07 Å². The Morgan fingerprint density at radius 1 is 1.17 bits per heavy atom. The van der Waals surface area contributed by atoms with Crippen molar-refractivity contribution in [3.63, 3.8) is 0 Å².